The molecule has 2 nitrogen and oxygen atoms in total. The summed E-state index contributed by atoms with van der Waals surface area (Å²) in [5.74, 6) is 1.67. The highest BCUT2D eigenvalue weighted by molar-refractivity contribution is 6.30. The summed E-state index contributed by atoms with van der Waals surface area (Å²) in [5, 5.41) is 0.741. The molecule has 0 saturated heterocycles. The van der Waals surface area contributed by atoms with E-state index in [9.17, 15) is 0 Å². The maximum Gasteiger partial charge on any atom is 0.122 e. The van der Waals surface area contributed by atoms with Crippen LogP contribution in [0.1, 0.15) is 38.7 Å². The van der Waals surface area contributed by atoms with E-state index in [0.29, 0.717) is 0 Å². The second kappa shape index (κ2) is 5.50. The van der Waals surface area contributed by atoms with Crippen LogP contribution in [-0.4, -0.2) is 12.1 Å². The summed E-state index contributed by atoms with van der Waals surface area (Å²) >= 11 is 6.05. The fraction of sp³-hybridized carbons (Fsp3) is 0.600. The number of hydrogen-bond donors (Lipinski definition) is 1. The first-order chi connectivity index (χ1) is 8.44. The van der Waals surface area contributed by atoms with Crippen molar-refractivity contribution in [3.05, 3.63) is 28.8 Å². The maximum atomic E-state index is 6.08. The molecule has 1 aromatic rings. The molecule has 1 saturated carbocycles. The Labute approximate surface area is 114 Å². The molecule has 1 aliphatic rings. The minimum Gasteiger partial charge on any atom is -0.493 e. The molecule has 0 amide bonds. The third-order valence-electron chi connectivity index (χ3n) is 3.37. The zero-order chi connectivity index (χ0) is 13.2. The molecule has 0 bridgehead atoms. The quantitative estimate of drug-likeness (QED) is 0.881. The van der Waals surface area contributed by atoms with E-state index >= 15 is 0 Å². The van der Waals surface area contributed by atoms with Crippen molar-refractivity contribution >= 4 is 11.6 Å². The topological polar surface area (TPSA) is 35.2 Å². The number of hydrogen-bond acceptors (Lipinski definition) is 2. The van der Waals surface area contributed by atoms with Gasteiger partial charge in [0.25, 0.3) is 0 Å². The Morgan fingerprint density at radius 2 is 2.11 bits per heavy atom. The van der Waals surface area contributed by atoms with E-state index in [1.165, 1.54) is 19.3 Å². The van der Waals surface area contributed by atoms with E-state index in [1.54, 1.807) is 0 Å². The van der Waals surface area contributed by atoms with E-state index < -0.39 is 0 Å². The molecule has 0 atom stereocenters. The minimum atomic E-state index is -0.251. The molecular weight excluding hydrogens is 246 g/mol. The molecule has 0 unspecified atom stereocenters. The summed E-state index contributed by atoms with van der Waals surface area (Å²) in [6, 6.07) is 5.80. The Kier molecular flexibility index (Phi) is 4.18. The number of halogens is 1. The summed E-state index contributed by atoms with van der Waals surface area (Å²) in [6.45, 7) is 4.85. The molecule has 0 aliphatic heterocycles. The lowest BCUT2D eigenvalue weighted by Gasteiger charge is -2.26. The van der Waals surface area contributed by atoms with Crippen molar-refractivity contribution in [1.29, 1.82) is 0 Å². The van der Waals surface area contributed by atoms with Gasteiger partial charge in [-0.05, 0) is 62.8 Å². The SMILES string of the molecule is CC(C)(N)Cc1cc(Cl)ccc1OCC1CCC1. The molecule has 2 N–H and O–H groups in total. The van der Waals surface area contributed by atoms with Gasteiger partial charge in [-0.2, -0.15) is 0 Å². The van der Waals surface area contributed by atoms with Crippen LogP contribution in [0.3, 0.4) is 0 Å². The third-order valence-corrected chi connectivity index (χ3v) is 3.60. The fourth-order valence-corrected chi connectivity index (χ4v) is 2.38. The van der Waals surface area contributed by atoms with Crippen molar-refractivity contribution in [3.63, 3.8) is 0 Å². The molecule has 0 heterocycles. The van der Waals surface area contributed by atoms with Crippen LogP contribution >= 0.6 is 11.6 Å². The van der Waals surface area contributed by atoms with E-state index in [0.717, 1.165) is 35.3 Å². The summed E-state index contributed by atoms with van der Waals surface area (Å²) in [4.78, 5) is 0. The van der Waals surface area contributed by atoms with Crippen LogP contribution in [-0.2, 0) is 6.42 Å². The number of ether oxygens (including phenoxy) is 1. The maximum absolute atomic E-state index is 6.08. The Morgan fingerprint density at radius 3 is 2.67 bits per heavy atom. The largest absolute Gasteiger partial charge is 0.493 e. The van der Waals surface area contributed by atoms with Crippen LogP contribution in [0.15, 0.2) is 18.2 Å². The lowest BCUT2D eigenvalue weighted by atomic mass is 9.86. The van der Waals surface area contributed by atoms with Crippen LogP contribution in [0.4, 0.5) is 0 Å². The summed E-state index contributed by atoms with van der Waals surface area (Å²) in [6.07, 6.45) is 4.71. The summed E-state index contributed by atoms with van der Waals surface area (Å²) in [7, 11) is 0. The van der Waals surface area contributed by atoms with Gasteiger partial charge in [0, 0.05) is 10.6 Å². The lowest BCUT2D eigenvalue weighted by molar-refractivity contribution is 0.179. The Balaban J connectivity index is 2.06. The van der Waals surface area contributed by atoms with E-state index in [4.69, 9.17) is 22.1 Å². The number of benzene rings is 1. The van der Waals surface area contributed by atoms with Gasteiger partial charge in [-0.1, -0.05) is 18.0 Å². The molecule has 1 aliphatic carbocycles. The molecule has 0 aromatic heterocycles. The van der Waals surface area contributed by atoms with E-state index in [2.05, 4.69) is 0 Å². The van der Waals surface area contributed by atoms with Gasteiger partial charge in [-0.15, -0.1) is 0 Å². The van der Waals surface area contributed by atoms with Gasteiger partial charge in [-0.25, -0.2) is 0 Å². The van der Waals surface area contributed by atoms with Crippen LogP contribution in [0.2, 0.25) is 5.02 Å². The monoisotopic (exact) mass is 267 g/mol. The molecule has 2 rings (SSSR count). The number of rotatable bonds is 5. The zero-order valence-corrected chi connectivity index (χ0v) is 12.0. The van der Waals surface area contributed by atoms with E-state index in [1.807, 2.05) is 32.0 Å². The smallest absolute Gasteiger partial charge is 0.122 e. The van der Waals surface area contributed by atoms with Crippen LogP contribution in [0.25, 0.3) is 0 Å². The highest BCUT2D eigenvalue weighted by atomic mass is 35.5. The first-order valence-electron chi connectivity index (χ1n) is 6.64. The van der Waals surface area contributed by atoms with Gasteiger partial charge < -0.3 is 10.5 Å². The second-order valence-corrected chi connectivity index (χ2v) is 6.46. The van der Waals surface area contributed by atoms with Crippen LogP contribution < -0.4 is 10.5 Å². The Morgan fingerprint density at radius 1 is 1.39 bits per heavy atom. The predicted octanol–water partition coefficient (Wildman–Crippen LogP) is 3.80. The zero-order valence-electron chi connectivity index (χ0n) is 11.2. The normalized spacial score (nSPS) is 16.4. The van der Waals surface area contributed by atoms with Crippen molar-refractivity contribution in [2.24, 2.45) is 11.7 Å². The number of nitrogens with two attached hydrogens (primary N) is 1. The van der Waals surface area contributed by atoms with Crippen molar-refractivity contribution in [3.8, 4) is 5.75 Å². The first-order valence-corrected chi connectivity index (χ1v) is 7.02. The average Bonchev–Trinajstić information content (AvgIpc) is 2.16. The highest BCUT2D eigenvalue weighted by Crippen LogP contribution is 2.30. The van der Waals surface area contributed by atoms with Gasteiger partial charge in [0.1, 0.15) is 5.75 Å². The molecule has 1 aromatic carbocycles. The van der Waals surface area contributed by atoms with Crippen LogP contribution in [0.5, 0.6) is 5.75 Å². The highest BCUT2D eigenvalue weighted by Gasteiger charge is 2.20. The Bertz CT molecular complexity index is 407. The molecule has 0 spiro atoms. The van der Waals surface area contributed by atoms with Crippen LogP contribution in [0, 0.1) is 5.92 Å². The van der Waals surface area contributed by atoms with Gasteiger partial charge in [0.05, 0.1) is 6.61 Å². The minimum absolute atomic E-state index is 0.251. The van der Waals surface area contributed by atoms with Crippen molar-refractivity contribution < 1.29 is 4.74 Å². The van der Waals surface area contributed by atoms with Gasteiger partial charge >= 0.3 is 0 Å². The lowest BCUT2D eigenvalue weighted by Crippen LogP contribution is -2.34. The van der Waals surface area contributed by atoms with Gasteiger partial charge in [0.2, 0.25) is 0 Å². The van der Waals surface area contributed by atoms with Crippen molar-refractivity contribution in [2.75, 3.05) is 6.61 Å². The molecule has 0 radical (unpaired) electrons. The Hall–Kier alpha value is -0.730. The third kappa shape index (κ3) is 3.89. The summed E-state index contributed by atoms with van der Waals surface area (Å²) < 4.78 is 5.93. The van der Waals surface area contributed by atoms with Crippen molar-refractivity contribution in [2.45, 2.75) is 45.1 Å². The standard InChI is InChI=1S/C15H22ClNO/c1-15(2,17)9-12-8-13(16)6-7-14(12)18-10-11-4-3-5-11/h6-8,11H,3-5,9-10,17H2,1-2H3. The molecular formula is C15H22ClNO. The fourth-order valence-electron chi connectivity index (χ4n) is 2.18. The van der Waals surface area contributed by atoms with Gasteiger partial charge in [-0.3, -0.25) is 0 Å². The van der Waals surface area contributed by atoms with Gasteiger partial charge in [0.15, 0.2) is 0 Å². The molecule has 18 heavy (non-hydrogen) atoms. The van der Waals surface area contributed by atoms with Crippen molar-refractivity contribution in [1.82, 2.24) is 0 Å². The second-order valence-electron chi connectivity index (χ2n) is 6.03. The first kappa shape index (κ1) is 13.7. The average molecular weight is 268 g/mol. The molecule has 100 valence electrons. The summed E-state index contributed by atoms with van der Waals surface area (Å²) in [5.41, 5.74) is 6.94. The van der Waals surface area contributed by atoms with E-state index in [-0.39, 0.29) is 5.54 Å². The molecule has 1 fully saturated rings. The molecule has 3 heteroatoms. The predicted molar refractivity (Wildman–Crippen MR) is 76.3 cm³/mol.